The lowest BCUT2D eigenvalue weighted by Gasteiger charge is -2.34. The number of hydrogen-bond acceptors (Lipinski definition) is 4. The maximum Gasteiger partial charge on any atom is 0.433 e. The number of aromatic nitrogens is 1. The standard InChI is InChI=1S/C15H18F3N3O3/c1-24-10-14(23)21-7-5-20(6-8-21)13(22)9-11-3-2-4-12(19-11)15(16,17)18/h2-4H,5-10H2,1H3. The van der Waals surface area contributed by atoms with E-state index in [1.54, 1.807) is 4.90 Å². The first-order valence-electron chi connectivity index (χ1n) is 7.39. The summed E-state index contributed by atoms with van der Waals surface area (Å²) >= 11 is 0. The minimum atomic E-state index is -4.54. The lowest BCUT2D eigenvalue weighted by molar-refractivity contribution is -0.142. The van der Waals surface area contributed by atoms with Crippen LogP contribution in [0.15, 0.2) is 18.2 Å². The van der Waals surface area contributed by atoms with E-state index in [0.717, 1.165) is 6.07 Å². The van der Waals surface area contributed by atoms with Crippen LogP contribution in [0.25, 0.3) is 0 Å². The molecule has 24 heavy (non-hydrogen) atoms. The van der Waals surface area contributed by atoms with Crippen LogP contribution in [0.3, 0.4) is 0 Å². The largest absolute Gasteiger partial charge is 0.433 e. The van der Waals surface area contributed by atoms with Crippen LogP contribution < -0.4 is 0 Å². The molecule has 2 amide bonds. The molecule has 1 aromatic rings. The first-order valence-corrected chi connectivity index (χ1v) is 7.39. The zero-order valence-corrected chi connectivity index (χ0v) is 13.2. The molecule has 132 valence electrons. The second-order valence-electron chi connectivity index (χ2n) is 5.38. The maximum atomic E-state index is 12.6. The molecular weight excluding hydrogens is 327 g/mol. The van der Waals surface area contributed by atoms with Gasteiger partial charge in [0, 0.05) is 33.3 Å². The number of pyridine rings is 1. The molecule has 0 unspecified atom stereocenters. The van der Waals surface area contributed by atoms with Crippen molar-refractivity contribution in [3.05, 3.63) is 29.6 Å². The van der Waals surface area contributed by atoms with Crippen LogP contribution in [0.1, 0.15) is 11.4 Å². The monoisotopic (exact) mass is 345 g/mol. The van der Waals surface area contributed by atoms with Crippen molar-refractivity contribution in [3.63, 3.8) is 0 Å². The van der Waals surface area contributed by atoms with Gasteiger partial charge in [-0.05, 0) is 12.1 Å². The van der Waals surface area contributed by atoms with Crippen LogP contribution in [-0.2, 0) is 26.9 Å². The van der Waals surface area contributed by atoms with Gasteiger partial charge in [0.2, 0.25) is 11.8 Å². The molecule has 1 aliphatic rings. The van der Waals surface area contributed by atoms with Crippen LogP contribution in [-0.4, -0.2) is 66.5 Å². The van der Waals surface area contributed by atoms with Gasteiger partial charge in [-0.2, -0.15) is 13.2 Å². The number of amides is 2. The molecule has 1 aromatic heterocycles. The number of nitrogens with zero attached hydrogens (tertiary/aromatic N) is 3. The summed E-state index contributed by atoms with van der Waals surface area (Å²) in [6.45, 7) is 1.43. The first-order chi connectivity index (χ1) is 11.3. The number of hydrogen-bond donors (Lipinski definition) is 0. The van der Waals surface area contributed by atoms with E-state index in [1.807, 2.05) is 0 Å². The molecule has 0 radical (unpaired) electrons. The number of carbonyl (C=O) groups excluding carboxylic acids is 2. The third kappa shape index (κ3) is 4.67. The number of halogens is 3. The Kier molecular flexibility index (Phi) is 5.76. The summed E-state index contributed by atoms with van der Waals surface area (Å²) in [4.78, 5) is 30.5. The number of alkyl halides is 3. The van der Waals surface area contributed by atoms with E-state index in [4.69, 9.17) is 4.74 Å². The number of methoxy groups -OCH3 is 1. The van der Waals surface area contributed by atoms with Crippen LogP contribution >= 0.6 is 0 Å². The van der Waals surface area contributed by atoms with Crippen molar-refractivity contribution in [1.82, 2.24) is 14.8 Å². The van der Waals surface area contributed by atoms with E-state index in [0.29, 0.717) is 26.2 Å². The summed E-state index contributed by atoms with van der Waals surface area (Å²) < 4.78 is 42.7. The summed E-state index contributed by atoms with van der Waals surface area (Å²) in [5.74, 6) is -0.454. The summed E-state index contributed by atoms with van der Waals surface area (Å²) in [6.07, 6.45) is -4.73. The Hall–Kier alpha value is -2.16. The molecule has 0 N–H and O–H groups in total. The fourth-order valence-electron chi connectivity index (χ4n) is 2.42. The normalized spacial score (nSPS) is 15.5. The smallest absolute Gasteiger partial charge is 0.375 e. The van der Waals surface area contributed by atoms with E-state index >= 15 is 0 Å². The highest BCUT2D eigenvalue weighted by molar-refractivity contribution is 5.80. The molecule has 6 nitrogen and oxygen atoms in total. The van der Waals surface area contributed by atoms with Crippen molar-refractivity contribution in [1.29, 1.82) is 0 Å². The van der Waals surface area contributed by atoms with Crippen molar-refractivity contribution in [2.24, 2.45) is 0 Å². The number of carbonyl (C=O) groups is 2. The van der Waals surface area contributed by atoms with E-state index in [9.17, 15) is 22.8 Å². The topological polar surface area (TPSA) is 62.7 Å². The molecule has 1 saturated heterocycles. The quantitative estimate of drug-likeness (QED) is 0.816. The Morgan fingerprint density at radius 3 is 2.25 bits per heavy atom. The van der Waals surface area contributed by atoms with Crippen molar-refractivity contribution in [3.8, 4) is 0 Å². The predicted molar refractivity (Wildman–Crippen MR) is 78.0 cm³/mol. The molecule has 0 aliphatic carbocycles. The molecular formula is C15H18F3N3O3. The van der Waals surface area contributed by atoms with E-state index in [2.05, 4.69) is 4.98 Å². The van der Waals surface area contributed by atoms with Gasteiger partial charge in [0.25, 0.3) is 0 Å². The SMILES string of the molecule is COCC(=O)N1CCN(C(=O)Cc2cccc(C(F)(F)F)n2)CC1. The Balaban J connectivity index is 1.91. The Morgan fingerprint density at radius 2 is 1.71 bits per heavy atom. The number of piperazine rings is 1. The van der Waals surface area contributed by atoms with Gasteiger partial charge in [-0.25, -0.2) is 4.98 Å². The van der Waals surface area contributed by atoms with Crippen LogP contribution in [0.5, 0.6) is 0 Å². The second-order valence-corrected chi connectivity index (χ2v) is 5.38. The van der Waals surface area contributed by atoms with Gasteiger partial charge < -0.3 is 14.5 Å². The van der Waals surface area contributed by atoms with Gasteiger partial charge in [-0.15, -0.1) is 0 Å². The first kappa shape index (κ1) is 18.2. The number of rotatable bonds is 4. The maximum absolute atomic E-state index is 12.6. The Morgan fingerprint density at radius 1 is 1.12 bits per heavy atom. The van der Waals surface area contributed by atoms with E-state index in [-0.39, 0.29) is 30.5 Å². The molecule has 0 aromatic carbocycles. The summed E-state index contributed by atoms with van der Waals surface area (Å²) in [7, 11) is 1.43. The zero-order chi connectivity index (χ0) is 17.7. The third-order valence-corrected chi connectivity index (χ3v) is 3.68. The van der Waals surface area contributed by atoms with Gasteiger partial charge in [0.15, 0.2) is 0 Å². The summed E-state index contributed by atoms with van der Waals surface area (Å²) in [5.41, 5.74) is -0.935. The van der Waals surface area contributed by atoms with E-state index in [1.165, 1.54) is 24.1 Å². The molecule has 1 aliphatic heterocycles. The molecule has 0 atom stereocenters. The summed E-state index contributed by atoms with van der Waals surface area (Å²) in [5, 5.41) is 0. The van der Waals surface area contributed by atoms with Crippen molar-refractivity contribution in [2.45, 2.75) is 12.6 Å². The molecule has 0 spiro atoms. The highest BCUT2D eigenvalue weighted by Gasteiger charge is 2.32. The highest BCUT2D eigenvalue weighted by Crippen LogP contribution is 2.27. The molecule has 0 bridgehead atoms. The average molecular weight is 345 g/mol. The molecule has 9 heteroatoms. The Bertz CT molecular complexity index is 599. The lowest BCUT2D eigenvalue weighted by Crippen LogP contribution is -2.51. The fraction of sp³-hybridized carbons (Fsp3) is 0.533. The second kappa shape index (κ2) is 7.61. The molecule has 1 fully saturated rings. The zero-order valence-electron chi connectivity index (χ0n) is 13.2. The third-order valence-electron chi connectivity index (χ3n) is 3.68. The lowest BCUT2D eigenvalue weighted by atomic mass is 10.2. The van der Waals surface area contributed by atoms with Gasteiger partial charge >= 0.3 is 6.18 Å². The minimum Gasteiger partial charge on any atom is -0.375 e. The molecule has 2 rings (SSSR count). The van der Waals surface area contributed by atoms with Crippen molar-refractivity contribution < 1.29 is 27.5 Å². The van der Waals surface area contributed by atoms with Gasteiger partial charge in [-0.1, -0.05) is 6.07 Å². The van der Waals surface area contributed by atoms with E-state index < -0.39 is 11.9 Å². The molecule has 2 heterocycles. The Labute approximate surface area is 137 Å². The predicted octanol–water partition coefficient (Wildman–Crippen LogP) is 0.960. The average Bonchev–Trinajstić information content (AvgIpc) is 2.54. The van der Waals surface area contributed by atoms with Crippen molar-refractivity contribution in [2.75, 3.05) is 39.9 Å². The minimum absolute atomic E-state index is 0.0118. The van der Waals surface area contributed by atoms with Crippen molar-refractivity contribution >= 4 is 11.8 Å². The summed E-state index contributed by atoms with van der Waals surface area (Å²) in [6, 6.07) is 3.50. The van der Waals surface area contributed by atoms with Crippen LogP contribution in [0.4, 0.5) is 13.2 Å². The van der Waals surface area contributed by atoms with Gasteiger partial charge in [0.1, 0.15) is 12.3 Å². The fourth-order valence-corrected chi connectivity index (χ4v) is 2.42. The van der Waals surface area contributed by atoms with Crippen LogP contribution in [0.2, 0.25) is 0 Å². The van der Waals surface area contributed by atoms with Crippen LogP contribution in [0, 0.1) is 0 Å². The van der Waals surface area contributed by atoms with Gasteiger partial charge in [0.05, 0.1) is 12.1 Å². The van der Waals surface area contributed by atoms with Gasteiger partial charge in [-0.3, -0.25) is 9.59 Å². The number of ether oxygens (including phenoxy) is 1. The molecule has 0 saturated carbocycles. The highest BCUT2D eigenvalue weighted by atomic mass is 19.4.